The first-order valence-corrected chi connectivity index (χ1v) is 9.06. The van der Waals surface area contributed by atoms with Gasteiger partial charge in [-0.25, -0.2) is 8.42 Å². The Labute approximate surface area is 135 Å². The van der Waals surface area contributed by atoms with Gasteiger partial charge in [0.25, 0.3) is 0 Å². The third kappa shape index (κ3) is 2.94. The van der Waals surface area contributed by atoms with Crippen molar-refractivity contribution in [3.63, 3.8) is 0 Å². The van der Waals surface area contributed by atoms with E-state index in [1.807, 2.05) is 13.0 Å². The number of carbonyl (C=O) groups is 1. The summed E-state index contributed by atoms with van der Waals surface area (Å²) >= 11 is 0. The first-order valence-electron chi connectivity index (χ1n) is 7.34. The van der Waals surface area contributed by atoms with E-state index in [2.05, 4.69) is 0 Å². The van der Waals surface area contributed by atoms with Crippen molar-refractivity contribution in [3.8, 4) is 5.75 Å². The maximum absolute atomic E-state index is 12.4. The van der Waals surface area contributed by atoms with E-state index in [0.717, 1.165) is 0 Å². The first kappa shape index (κ1) is 15.6. The van der Waals surface area contributed by atoms with Crippen molar-refractivity contribution in [1.82, 2.24) is 0 Å². The molecule has 1 heterocycles. The number of carbonyl (C=O) groups excluding carboxylic acids is 1. The average Bonchev–Trinajstić information content (AvgIpc) is 2.78. The smallest absolute Gasteiger partial charge is 0.243 e. The molecule has 120 valence electrons. The van der Waals surface area contributed by atoms with Crippen LogP contribution in [0.5, 0.6) is 5.75 Å². The lowest BCUT2D eigenvalue weighted by molar-refractivity contribution is -0.115. The molecule has 0 aromatic heterocycles. The quantitative estimate of drug-likeness (QED) is 0.864. The van der Waals surface area contributed by atoms with Crippen LogP contribution in [0.1, 0.15) is 17.9 Å². The summed E-state index contributed by atoms with van der Waals surface area (Å²) in [4.78, 5) is 13.6. The van der Waals surface area contributed by atoms with Crippen LogP contribution in [0.15, 0.2) is 54.6 Å². The summed E-state index contributed by atoms with van der Waals surface area (Å²) in [6.07, 6.45) is 0. The van der Waals surface area contributed by atoms with Crippen molar-refractivity contribution in [3.05, 3.63) is 60.2 Å². The maximum atomic E-state index is 12.4. The highest BCUT2D eigenvalue weighted by atomic mass is 32.2. The number of ether oxygens (including phenoxy) is 1. The number of amides is 1. The highest BCUT2D eigenvalue weighted by Crippen LogP contribution is 2.37. The maximum Gasteiger partial charge on any atom is 0.243 e. The third-order valence-corrected chi connectivity index (χ3v) is 5.49. The average molecular weight is 331 g/mol. The normalized spacial score (nSPS) is 19.8. The van der Waals surface area contributed by atoms with Crippen LogP contribution in [0, 0.1) is 0 Å². The fourth-order valence-corrected chi connectivity index (χ4v) is 4.51. The molecule has 1 atom stereocenters. The van der Waals surface area contributed by atoms with Crippen LogP contribution in [0.25, 0.3) is 0 Å². The van der Waals surface area contributed by atoms with Crippen LogP contribution in [0.4, 0.5) is 5.69 Å². The predicted molar refractivity (Wildman–Crippen MR) is 88.1 cm³/mol. The second kappa shape index (κ2) is 6.04. The molecule has 1 amide bonds. The van der Waals surface area contributed by atoms with Gasteiger partial charge in [0.1, 0.15) is 11.5 Å². The Hall–Kier alpha value is -2.34. The zero-order valence-corrected chi connectivity index (χ0v) is 13.5. The molecule has 0 bridgehead atoms. The van der Waals surface area contributed by atoms with Crippen LogP contribution in [0.3, 0.4) is 0 Å². The van der Waals surface area contributed by atoms with Gasteiger partial charge in [-0.05, 0) is 36.8 Å². The summed E-state index contributed by atoms with van der Waals surface area (Å²) in [5, 5.41) is -0.978. The van der Waals surface area contributed by atoms with Gasteiger partial charge in [-0.15, -0.1) is 0 Å². The second-order valence-electron chi connectivity index (χ2n) is 5.26. The molecule has 5 nitrogen and oxygen atoms in total. The summed E-state index contributed by atoms with van der Waals surface area (Å²) in [5.74, 6) is -0.204. The van der Waals surface area contributed by atoms with Crippen molar-refractivity contribution in [1.29, 1.82) is 0 Å². The van der Waals surface area contributed by atoms with Crippen LogP contribution in [0.2, 0.25) is 0 Å². The Morgan fingerprint density at radius 2 is 1.74 bits per heavy atom. The topological polar surface area (TPSA) is 63.7 Å². The molecule has 1 unspecified atom stereocenters. The van der Waals surface area contributed by atoms with Crippen molar-refractivity contribution < 1.29 is 17.9 Å². The van der Waals surface area contributed by atoms with Gasteiger partial charge in [0.2, 0.25) is 5.91 Å². The van der Waals surface area contributed by atoms with Gasteiger partial charge in [0.05, 0.1) is 6.61 Å². The van der Waals surface area contributed by atoms with Gasteiger partial charge < -0.3 is 4.74 Å². The van der Waals surface area contributed by atoms with Crippen LogP contribution in [-0.2, 0) is 14.6 Å². The summed E-state index contributed by atoms with van der Waals surface area (Å²) in [5.41, 5.74) is 1.14. The summed E-state index contributed by atoms with van der Waals surface area (Å²) < 4.78 is 30.3. The monoisotopic (exact) mass is 331 g/mol. The van der Waals surface area contributed by atoms with Gasteiger partial charge in [0, 0.05) is 5.69 Å². The lowest BCUT2D eigenvalue weighted by Crippen LogP contribution is -2.29. The van der Waals surface area contributed by atoms with Crippen molar-refractivity contribution in [2.24, 2.45) is 0 Å². The SMILES string of the molecule is CCOc1ccc(N2C(=O)CS(=O)(=O)C2c2ccccc2)cc1. The summed E-state index contributed by atoms with van der Waals surface area (Å²) in [6.45, 7) is 2.43. The molecular formula is C17H17NO4S. The molecule has 0 aliphatic carbocycles. The van der Waals surface area contributed by atoms with E-state index in [-0.39, 0.29) is 0 Å². The van der Waals surface area contributed by atoms with Gasteiger partial charge >= 0.3 is 0 Å². The zero-order valence-electron chi connectivity index (χ0n) is 12.7. The van der Waals surface area contributed by atoms with Gasteiger partial charge in [-0.3, -0.25) is 9.69 Å². The minimum absolute atomic E-state index is 0.414. The highest BCUT2D eigenvalue weighted by Gasteiger charge is 2.45. The Balaban J connectivity index is 2.03. The second-order valence-corrected chi connectivity index (χ2v) is 7.32. The zero-order chi connectivity index (χ0) is 16.4. The van der Waals surface area contributed by atoms with Crippen LogP contribution in [-0.4, -0.2) is 26.7 Å². The number of anilines is 1. The van der Waals surface area contributed by atoms with Crippen LogP contribution < -0.4 is 9.64 Å². The molecule has 0 radical (unpaired) electrons. The summed E-state index contributed by atoms with van der Waals surface area (Å²) in [7, 11) is -3.56. The number of rotatable bonds is 4. The molecule has 1 aliphatic rings. The van der Waals surface area contributed by atoms with E-state index in [9.17, 15) is 13.2 Å². The van der Waals surface area contributed by atoms with E-state index in [4.69, 9.17) is 4.74 Å². The molecule has 23 heavy (non-hydrogen) atoms. The minimum atomic E-state index is -3.56. The number of hydrogen-bond donors (Lipinski definition) is 0. The van der Waals surface area contributed by atoms with Gasteiger partial charge in [0.15, 0.2) is 15.2 Å². The molecule has 0 N–H and O–H groups in total. The Bertz CT molecular complexity index is 800. The van der Waals surface area contributed by atoms with E-state index in [1.165, 1.54) is 4.90 Å². The van der Waals surface area contributed by atoms with E-state index in [0.29, 0.717) is 23.6 Å². The fourth-order valence-electron chi connectivity index (χ4n) is 2.74. The molecule has 0 spiro atoms. The molecule has 3 rings (SSSR count). The van der Waals surface area contributed by atoms with Crippen LogP contribution >= 0.6 is 0 Å². The number of hydrogen-bond acceptors (Lipinski definition) is 4. The van der Waals surface area contributed by atoms with E-state index < -0.39 is 26.9 Å². The molecule has 1 saturated heterocycles. The Kier molecular flexibility index (Phi) is 4.09. The van der Waals surface area contributed by atoms with Crippen molar-refractivity contribution in [2.45, 2.75) is 12.3 Å². The van der Waals surface area contributed by atoms with Crippen molar-refractivity contribution >= 4 is 21.4 Å². The first-order chi connectivity index (χ1) is 11.0. The fraction of sp³-hybridized carbons (Fsp3) is 0.235. The van der Waals surface area contributed by atoms with Gasteiger partial charge in [-0.1, -0.05) is 30.3 Å². The lowest BCUT2D eigenvalue weighted by atomic mass is 10.2. The largest absolute Gasteiger partial charge is 0.494 e. The number of sulfone groups is 1. The third-order valence-electron chi connectivity index (χ3n) is 3.68. The Morgan fingerprint density at radius 3 is 2.35 bits per heavy atom. The van der Waals surface area contributed by atoms with Crippen molar-refractivity contribution in [2.75, 3.05) is 17.3 Å². The number of nitrogens with zero attached hydrogens (tertiary/aromatic N) is 1. The summed E-state index contributed by atoms with van der Waals surface area (Å²) in [6, 6.07) is 15.7. The molecule has 0 saturated carbocycles. The van der Waals surface area contributed by atoms with Gasteiger partial charge in [-0.2, -0.15) is 0 Å². The van der Waals surface area contributed by atoms with E-state index in [1.54, 1.807) is 48.5 Å². The van der Waals surface area contributed by atoms with E-state index >= 15 is 0 Å². The Morgan fingerprint density at radius 1 is 1.09 bits per heavy atom. The molecule has 1 aliphatic heterocycles. The molecular weight excluding hydrogens is 314 g/mol. The number of benzene rings is 2. The standard InChI is InChI=1S/C17H17NO4S/c1-2-22-15-10-8-14(9-11-15)18-16(19)12-23(20,21)17(18)13-6-4-3-5-7-13/h3-11,17H,2,12H2,1H3. The molecule has 1 fully saturated rings. The molecule has 2 aromatic carbocycles. The molecule has 2 aromatic rings. The molecule has 6 heteroatoms. The highest BCUT2D eigenvalue weighted by molar-refractivity contribution is 7.93. The predicted octanol–water partition coefficient (Wildman–Crippen LogP) is 2.55. The lowest BCUT2D eigenvalue weighted by Gasteiger charge is -2.24. The minimum Gasteiger partial charge on any atom is -0.494 e.